The number of hydrogen-bond donors (Lipinski definition) is 5. The summed E-state index contributed by atoms with van der Waals surface area (Å²) in [6.07, 6.45) is -4.81. The van der Waals surface area contributed by atoms with Crippen LogP contribution in [0, 0.1) is 0 Å². The highest BCUT2D eigenvalue weighted by molar-refractivity contribution is 5.88. The number of carboxylic acids is 3. The molecule has 1 unspecified atom stereocenters. The van der Waals surface area contributed by atoms with Gasteiger partial charge in [0, 0.05) is 24.2 Å². The topological polar surface area (TPSA) is 184 Å². The van der Waals surface area contributed by atoms with Gasteiger partial charge in [0.05, 0.1) is 38.8 Å². The van der Waals surface area contributed by atoms with Crippen molar-refractivity contribution < 1.29 is 57.5 Å². The Morgan fingerprint density at radius 3 is 2.28 bits per heavy atom. The van der Waals surface area contributed by atoms with Crippen LogP contribution in [0.15, 0.2) is 24.3 Å². The van der Waals surface area contributed by atoms with Crippen LogP contribution in [0.3, 0.4) is 0 Å². The fraction of sp³-hybridized carbons (Fsp3) is 0.556. The molecule has 0 spiro atoms. The van der Waals surface area contributed by atoms with Gasteiger partial charge in [-0.15, -0.1) is 0 Å². The average Bonchev–Trinajstić information content (AvgIpc) is 3.53. The summed E-state index contributed by atoms with van der Waals surface area (Å²) in [5.74, 6) is -3.23. The van der Waals surface area contributed by atoms with Gasteiger partial charge in [-0.1, -0.05) is 12.1 Å². The van der Waals surface area contributed by atoms with E-state index in [9.17, 15) is 27.6 Å². The third-order valence-corrected chi connectivity index (χ3v) is 7.25. The van der Waals surface area contributed by atoms with E-state index < -0.39 is 48.6 Å². The zero-order chi connectivity index (χ0) is 32.1. The van der Waals surface area contributed by atoms with Gasteiger partial charge >= 0.3 is 24.1 Å². The third-order valence-electron chi connectivity index (χ3n) is 7.25. The van der Waals surface area contributed by atoms with Crippen LogP contribution >= 0.6 is 0 Å². The molecule has 0 radical (unpaired) electrons. The van der Waals surface area contributed by atoms with E-state index in [1.54, 1.807) is 27.2 Å². The normalized spacial score (nSPS) is 20.3. The maximum absolute atomic E-state index is 13.6. The Bertz CT molecular complexity index is 1300. The largest absolute Gasteiger partial charge is 0.493 e. The molecule has 16 heteroatoms. The molecule has 1 aromatic heterocycles. The number of carbonyl (C=O) groups is 3. The Morgan fingerprint density at radius 1 is 1.09 bits per heavy atom. The molecule has 0 bridgehead atoms. The number of rotatable bonds is 10. The van der Waals surface area contributed by atoms with E-state index in [0.717, 1.165) is 29.6 Å². The molecule has 5 N–H and O–H groups in total. The van der Waals surface area contributed by atoms with Gasteiger partial charge in [0.15, 0.2) is 23.1 Å². The van der Waals surface area contributed by atoms with E-state index in [2.05, 4.69) is 15.3 Å². The molecule has 0 aliphatic carbocycles. The Morgan fingerprint density at radius 2 is 1.74 bits per heavy atom. The zero-order valence-electron chi connectivity index (χ0n) is 23.8. The number of aliphatic carboxylic acids is 3. The highest BCUT2D eigenvalue weighted by Gasteiger charge is 2.46. The van der Waals surface area contributed by atoms with Crippen molar-refractivity contribution in [2.45, 2.75) is 75.5 Å². The lowest BCUT2D eigenvalue weighted by Gasteiger charge is -2.31. The number of carboxylic acid groups (broad SMARTS) is 3. The van der Waals surface area contributed by atoms with E-state index in [4.69, 9.17) is 29.9 Å². The number of hydrogen-bond acceptors (Lipinski definition) is 9. The molecule has 1 fully saturated rings. The molecular weight excluding hydrogens is 581 g/mol. The highest BCUT2D eigenvalue weighted by atomic mass is 19.4. The number of fused-ring (bicyclic) bond motifs is 1. The minimum atomic E-state index is -4.32. The highest BCUT2D eigenvalue weighted by Crippen LogP contribution is 2.42. The number of benzene rings is 1. The van der Waals surface area contributed by atoms with Crippen LogP contribution in [0.2, 0.25) is 0 Å². The maximum Gasteiger partial charge on any atom is 0.410 e. The molecule has 3 heterocycles. The number of anilines is 1. The van der Waals surface area contributed by atoms with Crippen LogP contribution in [0.4, 0.5) is 19.0 Å². The van der Waals surface area contributed by atoms with Crippen molar-refractivity contribution in [3.8, 4) is 11.5 Å². The molecule has 238 valence electrons. The van der Waals surface area contributed by atoms with Crippen molar-refractivity contribution in [2.75, 3.05) is 26.1 Å². The molecule has 43 heavy (non-hydrogen) atoms. The van der Waals surface area contributed by atoms with E-state index >= 15 is 0 Å². The maximum atomic E-state index is 13.6. The summed E-state index contributed by atoms with van der Waals surface area (Å²) in [4.78, 5) is 32.7. The Labute approximate surface area is 244 Å². The molecule has 13 nitrogen and oxygen atoms in total. The average molecular weight is 617 g/mol. The second-order valence-electron chi connectivity index (χ2n) is 10.5. The Hall–Kier alpha value is -4.05. The summed E-state index contributed by atoms with van der Waals surface area (Å²) in [7, 11) is 3.21. The van der Waals surface area contributed by atoms with Crippen LogP contribution in [-0.4, -0.2) is 91.6 Å². The predicted molar refractivity (Wildman–Crippen MR) is 144 cm³/mol. The van der Waals surface area contributed by atoms with E-state index in [1.807, 2.05) is 18.2 Å². The lowest BCUT2D eigenvalue weighted by Crippen LogP contribution is -2.42. The van der Waals surface area contributed by atoms with E-state index in [1.165, 1.54) is 0 Å². The van der Waals surface area contributed by atoms with Crippen molar-refractivity contribution in [3.05, 3.63) is 35.5 Å². The number of methoxy groups -OCH3 is 2. The molecule has 2 aromatic rings. The predicted octanol–water partition coefficient (Wildman–Crippen LogP) is 3.30. The summed E-state index contributed by atoms with van der Waals surface area (Å²) in [5, 5.41) is 41.4. The number of halogens is 3. The summed E-state index contributed by atoms with van der Waals surface area (Å²) >= 11 is 0. The molecule has 1 saturated heterocycles. The molecule has 2 aliphatic heterocycles. The molecule has 3 atom stereocenters. The van der Waals surface area contributed by atoms with E-state index in [0.29, 0.717) is 29.6 Å². The number of ether oxygens (including phenoxy) is 2. The quantitative estimate of drug-likeness (QED) is 0.263. The number of likely N-dealkylation sites (tertiary alicyclic amines) is 1. The van der Waals surface area contributed by atoms with Crippen LogP contribution in [0.1, 0.15) is 62.4 Å². The second kappa shape index (κ2) is 13.5. The van der Waals surface area contributed by atoms with Crippen LogP contribution in [0.25, 0.3) is 0 Å². The van der Waals surface area contributed by atoms with Crippen LogP contribution in [0.5, 0.6) is 11.5 Å². The lowest BCUT2D eigenvalue weighted by molar-refractivity contribution is -0.173. The van der Waals surface area contributed by atoms with Gasteiger partial charge in [-0.2, -0.15) is 18.3 Å². The molecule has 1 aromatic carbocycles. The summed E-state index contributed by atoms with van der Waals surface area (Å²) in [6.45, 7) is 3.23. The number of nitrogens with one attached hydrogen (secondary N) is 1. The minimum Gasteiger partial charge on any atom is -0.493 e. The van der Waals surface area contributed by atoms with Gasteiger partial charge in [0.25, 0.3) is 0 Å². The number of aromatic nitrogens is 2. The van der Waals surface area contributed by atoms with Gasteiger partial charge in [-0.05, 0) is 38.8 Å². The summed E-state index contributed by atoms with van der Waals surface area (Å²) in [5.41, 5.74) is -1.08. The first kappa shape index (κ1) is 33.5. The standard InChI is InChI=1S/C21H27F3N4O2.C6H8O7/c1-13-10-18(21(22,23)24)28-19(25-13)11-15(26-28)16-7-5-9-27(16)12-14-6-4-8-17(29-2)20(14)30-3;7-3(8)1-6(13,5(11)12)2-4(9)10/h4,6,8,11,13,16,18,25H,5,7,9-10,12H2,1-3H3;13H,1-2H2,(H,7,8)(H,9,10)(H,11,12)/t13-,16?,18-;/m1./s1. The fourth-order valence-corrected chi connectivity index (χ4v) is 5.30. The van der Waals surface area contributed by atoms with Gasteiger partial charge < -0.3 is 35.2 Å². The smallest absolute Gasteiger partial charge is 0.410 e. The first-order chi connectivity index (χ1) is 20.1. The monoisotopic (exact) mass is 616 g/mol. The van der Waals surface area contributed by atoms with Gasteiger partial charge in [0.1, 0.15) is 5.82 Å². The molecule has 4 rings (SSSR count). The van der Waals surface area contributed by atoms with Gasteiger partial charge in [-0.3, -0.25) is 14.5 Å². The summed E-state index contributed by atoms with van der Waals surface area (Å²) < 4.78 is 52.8. The number of para-hydroxylation sites is 1. The van der Waals surface area contributed by atoms with Gasteiger partial charge in [0.2, 0.25) is 0 Å². The number of alkyl halides is 3. The third kappa shape index (κ3) is 8.07. The zero-order valence-corrected chi connectivity index (χ0v) is 23.8. The molecule has 2 aliphatic rings. The SMILES string of the molecule is COc1cccc(CN2CCCC2c2cc3n(n2)[C@@H](C(F)(F)F)C[C@@H](C)N3)c1OC.O=C(O)CC(O)(CC(=O)O)C(=O)O. The molecule has 0 amide bonds. The lowest BCUT2D eigenvalue weighted by atomic mass is 9.96. The van der Waals surface area contributed by atoms with Crippen molar-refractivity contribution >= 4 is 23.7 Å². The van der Waals surface area contributed by atoms with Crippen LogP contribution in [-0.2, 0) is 20.9 Å². The van der Waals surface area contributed by atoms with Crippen molar-refractivity contribution in [1.82, 2.24) is 14.7 Å². The molecular formula is C27H35F3N4O9. The van der Waals surface area contributed by atoms with Crippen molar-refractivity contribution in [2.24, 2.45) is 0 Å². The Balaban J connectivity index is 0.000000331. The second-order valence-corrected chi connectivity index (χ2v) is 10.5. The minimum absolute atomic E-state index is 0.0208. The van der Waals surface area contributed by atoms with Crippen molar-refractivity contribution in [1.29, 1.82) is 0 Å². The van der Waals surface area contributed by atoms with Crippen molar-refractivity contribution in [3.63, 3.8) is 0 Å². The Kier molecular flexibility index (Phi) is 10.5. The number of aliphatic hydroxyl groups is 1. The fourth-order valence-electron chi connectivity index (χ4n) is 5.30. The first-order valence-corrected chi connectivity index (χ1v) is 13.4. The molecule has 0 saturated carbocycles. The number of nitrogens with zero attached hydrogens (tertiary/aromatic N) is 3. The van der Waals surface area contributed by atoms with E-state index in [-0.39, 0.29) is 18.5 Å². The first-order valence-electron chi connectivity index (χ1n) is 13.4. The van der Waals surface area contributed by atoms with Gasteiger partial charge in [-0.25, -0.2) is 9.48 Å². The summed E-state index contributed by atoms with van der Waals surface area (Å²) in [6, 6.07) is 5.64. The van der Waals surface area contributed by atoms with Crippen LogP contribution < -0.4 is 14.8 Å².